The van der Waals surface area contributed by atoms with Gasteiger partial charge in [0.05, 0.1) is 24.0 Å². The van der Waals surface area contributed by atoms with Crippen LogP contribution in [-0.2, 0) is 33.3 Å². The lowest BCUT2D eigenvalue weighted by Gasteiger charge is -2.68. The largest absolute Gasteiger partial charge is 0.457 e. The summed E-state index contributed by atoms with van der Waals surface area (Å²) >= 11 is 0. The molecule has 2 bridgehead atoms. The van der Waals surface area contributed by atoms with Gasteiger partial charge in [0.1, 0.15) is 29.7 Å². The van der Waals surface area contributed by atoms with Crippen molar-refractivity contribution in [2.45, 2.75) is 104 Å². The molecule has 1 saturated heterocycles. The summed E-state index contributed by atoms with van der Waals surface area (Å²) in [6.07, 6.45) is -2.69. The molecule has 1 heterocycles. The Kier molecular flexibility index (Phi) is 9.39. The van der Waals surface area contributed by atoms with E-state index in [0.29, 0.717) is 17.6 Å². The number of nitrogens with two attached hydrogens (primary N) is 1. The number of hydrogen-bond acceptors (Lipinski definition) is 10. The van der Waals surface area contributed by atoms with Crippen LogP contribution >= 0.6 is 0 Å². The molecule has 10 heteroatoms. The van der Waals surface area contributed by atoms with Crippen LogP contribution in [0.25, 0.3) is 0 Å². The van der Waals surface area contributed by atoms with Gasteiger partial charge in [-0.2, -0.15) is 0 Å². The van der Waals surface area contributed by atoms with E-state index in [4.69, 9.17) is 24.7 Å². The third kappa shape index (κ3) is 5.56. The summed E-state index contributed by atoms with van der Waals surface area (Å²) in [5.74, 6) is -4.75. The van der Waals surface area contributed by atoms with Crippen LogP contribution in [0.3, 0.4) is 0 Å². The van der Waals surface area contributed by atoms with Crippen molar-refractivity contribution >= 4 is 23.7 Å². The van der Waals surface area contributed by atoms with Crippen LogP contribution in [0.2, 0.25) is 0 Å². The van der Waals surface area contributed by atoms with Crippen molar-refractivity contribution in [2.75, 3.05) is 6.61 Å². The first kappa shape index (κ1) is 36.9. The number of carbonyl (C=O) groups is 4. The van der Waals surface area contributed by atoms with Crippen molar-refractivity contribution in [3.8, 4) is 0 Å². The molecular weight excluding hydrogens is 650 g/mol. The lowest BCUT2D eigenvalue weighted by atomic mass is 9.42. The molecule has 10 nitrogen and oxygen atoms in total. The standard InChI is InChI=1S/C41H51NO9/c1-22-19-30-40(21-48-30,51-26(5)43)33-35(50-37(46)28-17-13-10-14-18-28)41(47)20-29(49-36(45)25(4)32(42)27-15-11-9-12-16-27)23(2)31(38(41,6)7)24(3)34(44)39(22,33)8/h9-18,22,24-25,29-30,32-33,35,47H,19-21,42H2,1-8H3/t22-,24+,25+,29-,30+,32+,33-,35-,39+,40-,41+/m0/s1. The first-order chi connectivity index (χ1) is 23.9. The van der Waals surface area contributed by atoms with E-state index in [1.807, 2.05) is 71.9 Å². The van der Waals surface area contributed by atoms with E-state index in [-0.39, 0.29) is 30.3 Å². The summed E-state index contributed by atoms with van der Waals surface area (Å²) in [6.45, 7) is 14.1. The lowest BCUT2D eigenvalue weighted by molar-refractivity contribution is -0.339. The maximum atomic E-state index is 15.2. The Morgan fingerprint density at radius 3 is 2.16 bits per heavy atom. The summed E-state index contributed by atoms with van der Waals surface area (Å²) < 4.78 is 25.0. The van der Waals surface area contributed by atoms with Crippen LogP contribution in [-0.4, -0.2) is 64.9 Å². The van der Waals surface area contributed by atoms with Gasteiger partial charge in [0, 0.05) is 36.1 Å². The Morgan fingerprint density at radius 2 is 1.59 bits per heavy atom. The molecule has 0 unspecified atom stereocenters. The number of ether oxygens (including phenoxy) is 4. The van der Waals surface area contributed by atoms with Gasteiger partial charge in [-0.1, -0.05) is 90.1 Å². The normalized spacial score (nSPS) is 36.5. The fourth-order valence-corrected chi connectivity index (χ4v) is 9.93. The molecule has 3 aliphatic carbocycles. The van der Waals surface area contributed by atoms with Crippen molar-refractivity contribution in [1.29, 1.82) is 0 Å². The molecular formula is C41H51NO9. The monoisotopic (exact) mass is 701 g/mol. The van der Waals surface area contributed by atoms with Gasteiger partial charge >= 0.3 is 17.9 Å². The predicted octanol–water partition coefficient (Wildman–Crippen LogP) is 5.52. The van der Waals surface area contributed by atoms with Gasteiger partial charge in [-0.15, -0.1) is 0 Å². The minimum Gasteiger partial charge on any atom is -0.457 e. The highest BCUT2D eigenvalue weighted by molar-refractivity contribution is 5.92. The highest BCUT2D eigenvalue weighted by Gasteiger charge is 2.77. The van der Waals surface area contributed by atoms with Crippen LogP contribution in [0.5, 0.6) is 0 Å². The molecule has 274 valence electrons. The van der Waals surface area contributed by atoms with Gasteiger partial charge in [0.2, 0.25) is 0 Å². The predicted molar refractivity (Wildman–Crippen MR) is 188 cm³/mol. The van der Waals surface area contributed by atoms with Crippen molar-refractivity contribution in [3.05, 3.63) is 82.9 Å². The van der Waals surface area contributed by atoms with E-state index in [0.717, 1.165) is 5.56 Å². The zero-order valence-electron chi connectivity index (χ0n) is 30.8. The minimum atomic E-state index is -1.92. The average Bonchev–Trinajstić information content (AvgIpc) is 3.09. The van der Waals surface area contributed by atoms with Crippen molar-refractivity contribution in [2.24, 2.45) is 40.2 Å². The highest BCUT2D eigenvalue weighted by Crippen LogP contribution is 2.66. The second-order valence-electron chi connectivity index (χ2n) is 16.0. The lowest BCUT2D eigenvalue weighted by Crippen LogP contribution is -2.80. The molecule has 0 amide bonds. The summed E-state index contributed by atoms with van der Waals surface area (Å²) in [7, 11) is 0. The van der Waals surface area contributed by atoms with Crippen molar-refractivity contribution < 1.29 is 43.2 Å². The van der Waals surface area contributed by atoms with Crippen LogP contribution in [0, 0.1) is 34.5 Å². The number of aliphatic hydroxyl groups is 1. The number of benzene rings is 2. The Morgan fingerprint density at radius 1 is 0.980 bits per heavy atom. The van der Waals surface area contributed by atoms with Crippen LogP contribution in [0.1, 0.15) is 90.2 Å². The van der Waals surface area contributed by atoms with Crippen molar-refractivity contribution in [1.82, 2.24) is 0 Å². The molecule has 3 N–H and O–H groups in total. The van der Waals surface area contributed by atoms with Gasteiger partial charge in [-0.3, -0.25) is 14.4 Å². The Hall–Kier alpha value is -3.86. The van der Waals surface area contributed by atoms with Crippen molar-refractivity contribution in [3.63, 3.8) is 0 Å². The number of carbonyl (C=O) groups excluding carboxylic acids is 4. The molecule has 2 aromatic rings. The number of ketones is 1. The van der Waals surface area contributed by atoms with Gasteiger partial charge in [-0.25, -0.2) is 4.79 Å². The van der Waals surface area contributed by atoms with Crippen LogP contribution in [0.15, 0.2) is 71.8 Å². The van der Waals surface area contributed by atoms with E-state index in [1.165, 1.54) is 6.92 Å². The van der Waals surface area contributed by atoms with Gasteiger partial charge in [0.25, 0.3) is 0 Å². The first-order valence-electron chi connectivity index (χ1n) is 18.0. The quantitative estimate of drug-likeness (QED) is 0.215. The fraction of sp³-hybridized carbons (Fsp3) is 0.561. The maximum Gasteiger partial charge on any atom is 0.338 e. The summed E-state index contributed by atoms with van der Waals surface area (Å²) in [5, 5.41) is 13.5. The molecule has 0 aromatic heterocycles. The topological polar surface area (TPSA) is 151 Å². The highest BCUT2D eigenvalue weighted by atomic mass is 16.6. The molecule has 0 spiro atoms. The maximum absolute atomic E-state index is 15.2. The van der Waals surface area contributed by atoms with Crippen LogP contribution in [0.4, 0.5) is 0 Å². The Balaban J connectivity index is 1.53. The molecule has 4 aliphatic rings. The third-order valence-corrected chi connectivity index (χ3v) is 13.0. The summed E-state index contributed by atoms with van der Waals surface area (Å²) in [6, 6.07) is 17.1. The fourth-order valence-electron chi connectivity index (χ4n) is 9.93. The van der Waals surface area contributed by atoms with Gasteiger partial charge < -0.3 is 29.8 Å². The molecule has 6 rings (SSSR count). The van der Waals surface area contributed by atoms with Gasteiger partial charge in [-0.05, 0) is 48.1 Å². The SMILES string of the molecule is CC(=O)O[C@@]12CO[C@@H]1C[C@H](C)[C@@]1(C)C(=O)[C@H](C)C3=C(C)[C@@H](OC(=O)[C@H](C)[C@@H](N)c4ccccc4)C[C@@](O)([C@@H](OC(=O)c4ccccc4)[C@H]21)C3(C)C. The molecule has 0 radical (unpaired) electrons. The number of fused-ring (bicyclic) bond motifs is 5. The average molecular weight is 702 g/mol. The molecule has 2 saturated carbocycles. The minimum absolute atomic E-state index is 0.0309. The summed E-state index contributed by atoms with van der Waals surface area (Å²) in [5.41, 5.74) is 3.15. The molecule has 2 aromatic carbocycles. The number of hydrogen-bond donors (Lipinski definition) is 2. The zero-order valence-corrected chi connectivity index (χ0v) is 30.8. The second-order valence-corrected chi connectivity index (χ2v) is 16.0. The van der Waals surface area contributed by atoms with Gasteiger partial charge in [0.15, 0.2) is 5.60 Å². The zero-order chi connectivity index (χ0) is 37.3. The summed E-state index contributed by atoms with van der Waals surface area (Å²) in [4.78, 5) is 56.1. The smallest absolute Gasteiger partial charge is 0.338 e. The molecule has 3 fully saturated rings. The first-order valence-corrected chi connectivity index (χ1v) is 18.0. The van der Waals surface area contributed by atoms with E-state index >= 15 is 4.79 Å². The molecule has 11 atom stereocenters. The Labute approximate surface area is 300 Å². The Bertz CT molecular complexity index is 1740. The van der Waals surface area contributed by atoms with E-state index < -0.39 is 82.0 Å². The van der Waals surface area contributed by atoms with E-state index in [2.05, 4.69) is 0 Å². The van der Waals surface area contributed by atoms with E-state index in [9.17, 15) is 19.5 Å². The van der Waals surface area contributed by atoms with E-state index in [1.54, 1.807) is 37.3 Å². The number of esters is 3. The number of Topliss-reactive ketones (excluding diaryl/α,β-unsaturated/α-hetero) is 1. The number of rotatable bonds is 7. The van der Waals surface area contributed by atoms with Crippen LogP contribution < -0.4 is 5.73 Å². The second kappa shape index (κ2) is 13.0. The molecule has 1 aliphatic heterocycles. The third-order valence-electron chi connectivity index (χ3n) is 13.0. The molecule has 51 heavy (non-hydrogen) atoms.